The highest BCUT2D eigenvalue weighted by Gasteiger charge is 2.43. The fraction of sp³-hybridized carbons (Fsp3) is 0.692. The van der Waals surface area contributed by atoms with E-state index in [1.54, 1.807) is 6.92 Å². The lowest BCUT2D eigenvalue weighted by Crippen LogP contribution is -2.25. The molecule has 0 heterocycles. The average molecular weight is 446 g/mol. The summed E-state index contributed by atoms with van der Waals surface area (Å²) in [6.45, 7) is 4.11. The van der Waals surface area contributed by atoms with Crippen LogP contribution in [0.5, 0.6) is 0 Å². The number of nitrogens with one attached hydrogen (secondary N) is 1. The summed E-state index contributed by atoms with van der Waals surface area (Å²) in [6.07, 6.45) is 11.1. The molecule has 0 radical (unpaired) electrons. The molecule has 0 unspecified atom stereocenters. The van der Waals surface area contributed by atoms with Crippen LogP contribution in [0, 0.1) is 35.5 Å². The fourth-order valence-electron chi connectivity index (χ4n) is 4.74. The number of methoxy groups -OCH3 is 1. The van der Waals surface area contributed by atoms with Crippen molar-refractivity contribution in [1.82, 2.24) is 5.32 Å². The average Bonchev–Trinajstić information content (AvgIpc) is 3.29. The first-order valence-electron chi connectivity index (χ1n) is 11.8. The van der Waals surface area contributed by atoms with Gasteiger partial charge in [-0.15, -0.1) is 11.8 Å². The van der Waals surface area contributed by atoms with Gasteiger partial charge in [-0.2, -0.15) is 0 Å². The zero-order chi connectivity index (χ0) is 23.5. The quantitative estimate of drug-likeness (QED) is 0.186. The number of carbonyl (C=O) groups is 2. The van der Waals surface area contributed by atoms with E-state index < -0.39 is 6.10 Å². The minimum absolute atomic E-state index is 0.0304. The fourth-order valence-corrected chi connectivity index (χ4v) is 4.74. The number of hydrogen-bond donors (Lipinski definition) is 3. The molecule has 0 spiro atoms. The van der Waals surface area contributed by atoms with Crippen LogP contribution in [0.15, 0.2) is 23.8 Å². The summed E-state index contributed by atoms with van der Waals surface area (Å²) < 4.78 is 4.55. The van der Waals surface area contributed by atoms with E-state index in [2.05, 4.69) is 28.0 Å². The molecule has 6 nitrogen and oxygen atoms in total. The Balaban J connectivity index is 1.71. The van der Waals surface area contributed by atoms with Crippen LogP contribution < -0.4 is 5.32 Å². The number of hydrogen-bond acceptors (Lipinski definition) is 5. The van der Waals surface area contributed by atoms with Gasteiger partial charge in [-0.3, -0.25) is 9.59 Å². The second-order valence-corrected chi connectivity index (χ2v) is 9.10. The van der Waals surface area contributed by atoms with Gasteiger partial charge in [0.05, 0.1) is 25.7 Å². The predicted molar refractivity (Wildman–Crippen MR) is 124 cm³/mol. The number of ether oxygens (including phenoxy) is 1. The Morgan fingerprint density at radius 3 is 2.84 bits per heavy atom. The van der Waals surface area contributed by atoms with Crippen LogP contribution in [-0.4, -0.2) is 48.0 Å². The molecule has 0 aromatic heterocycles. The number of fused-ring (bicyclic) bond motifs is 1. The van der Waals surface area contributed by atoms with Gasteiger partial charge < -0.3 is 20.3 Å². The van der Waals surface area contributed by atoms with E-state index in [4.69, 9.17) is 0 Å². The second-order valence-electron chi connectivity index (χ2n) is 9.10. The summed E-state index contributed by atoms with van der Waals surface area (Å²) in [5.41, 5.74) is 1.42. The van der Waals surface area contributed by atoms with Crippen molar-refractivity contribution in [2.75, 3.05) is 13.7 Å². The van der Waals surface area contributed by atoms with Crippen LogP contribution in [0.1, 0.15) is 65.2 Å². The highest BCUT2D eigenvalue weighted by molar-refractivity contribution is 5.76. The van der Waals surface area contributed by atoms with E-state index in [1.807, 2.05) is 19.1 Å². The van der Waals surface area contributed by atoms with Crippen LogP contribution in [-0.2, 0) is 14.3 Å². The van der Waals surface area contributed by atoms with Crippen molar-refractivity contribution in [1.29, 1.82) is 0 Å². The normalized spacial score (nSPS) is 26.1. The molecule has 1 fully saturated rings. The maximum Gasteiger partial charge on any atom is 0.307 e. The van der Waals surface area contributed by atoms with Crippen molar-refractivity contribution in [2.24, 2.45) is 23.7 Å². The smallest absolute Gasteiger partial charge is 0.307 e. The number of rotatable bonds is 12. The van der Waals surface area contributed by atoms with Gasteiger partial charge in [0.15, 0.2) is 0 Å². The van der Waals surface area contributed by atoms with Crippen molar-refractivity contribution in [3.8, 4) is 11.8 Å². The van der Waals surface area contributed by atoms with Crippen molar-refractivity contribution < 1.29 is 24.5 Å². The Morgan fingerprint density at radius 1 is 1.34 bits per heavy atom. The number of unbranched alkanes of at least 4 members (excludes halogenated alkanes) is 1. The van der Waals surface area contributed by atoms with Gasteiger partial charge in [0.2, 0.25) is 5.91 Å². The number of amides is 1. The van der Waals surface area contributed by atoms with Gasteiger partial charge in [-0.05, 0) is 56.8 Å². The zero-order valence-electron chi connectivity index (χ0n) is 19.7. The Labute approximate surface area is 192 Å². The Hall–Kier alpha value is -2.10. The summed E-state index contributed by atoms with van der Waals surface area (Å²) in [6, 6.07) is 0. The van der Waals surface area contributed by atoms with Crippen molar-refractivity contribution in [2.45, 2.75) is 77.4 Å². The summed E-state index contributed by atoms with van der Waals surface area (Å²) in [4.78, 5) is 22.9. The first-order chi connectivity index (χ1) is 15.3. The van der Waals surface area contributed by atoms with Crippen molar-refractivity contribution in [3.05, 3.63) is 23.8 Å². The van der Waals surface area contributed by atoms with E-state index >= 15 is 0 Å². The van der Waals surface area contributed by atoms with E-state index in [1.165, 1.54) is 12.7 Å². The molecule has 0 saturated heterocycles. The monoisotopic (exact) mass is 445 g/mol. The number of allylic oxidation sites excluding steroid dienone is 2. The van der Waals surface area contributed by atoms with Gasteiger partial charge in [-0.1, -0.05) is 30.7 Å². The highest BCUT2D eigenvalue weighted by Crippen LogP contribution is 2.48. The molecule has 0 bridgehead atoms. The Kier molecular flexibility index (Phi) is 11.0. The van der Waals surface area contributed by atoms with Crippen LogP contribution in [0.4, 0.5) is 0 Å². The molecule has 1 amide bonds. The maximum absolute atomic E-state index is 11.8. The minimum atomic E-state index is -0.547. The van der Waals surface area contributed by atoms with Crippen LogP contribution in [0.3, 0.4) is 0 Å². The third-order valence-electron chi connectivity index (χ3n) is 6.69. The molecule has 178 valence electrons. The molecular weight excluding hydrogens is 406 g/mol. The SMILES string of the molecule is CC#CC[C@H](C)[C@H](O)C=C[C@@H]1[C@H]2CC(CCCCC(=O)NCCC(=O)OC)=C[C@H]2C[C@H]1O. The molecule has 6 atom stereocenters. The molecule has 0 aromatic rings. The van der Waals surface area contributed by atoms with Crippen LogP contribution in [0.25, 0.3) is 0 Å². The van der Waals surface area contributed by atoms with Gasteiger partial charge in [-0.25, -0.2) is 0 Å². The number of aliphatic hydroxyl groups excluding tert-OH is 2. The van der Waals surface area contributed by atoms with Gasteiger partial charge in [0.1, 0.15) is 0 Å². The molecule has 3 N–H and O–H groups in total. The third kappa shape index (κ3) is 8.11. The van der Waals surface area contributed by atoms with Crippen molar-refractivity contribution in [3.63, 3.8) is 0 Å². The summed E-state index contributed by atoms with van der Waals surface area (Å²) in [5, 5.41) is 23.6. The van der Waals surface area contributed by atoms with Crippen LogP contribution in [0.2, 0.25) is 0 Å². The van der Waals surface area contributed by atoms with E-state index in [-0.39, 0.29) is 36.2 Å². The van der Waals surface area contributed by atoms with Crippen molar-refractivity contribution >= 4 is 11.9 Å². The summed E-state index contributed by atoms with van der Waals surface area (Å²) >= 11 is 0. The highest BCUT2D eigenvalue weighted by atomic mass is 16.5. The predicted octanol–water partition coefficient (Wildman–Crippen LogP) is 3.14. The zero-order valence-corrected chi connectivity index (χ0v) is 19.7. The van der Waals surface area contributed by atoms with Gasteiger partial charge in [0, 0.05) is 25.3 Å². The van der Waals surface area contributed by atoms with E-state index in [0.29, 0.717) is 31.2 Å². The van der Waals surface area contributed by atoms with E-state index in [0.717, 1.165) is 32.1 Å². The summed E-state index contributed by atoms with van der Waals surface area (Å²) in [7, 11) is 1.34. The maximum atomic E-state index is 11.8. The minimum Gasteiger partial charge on any atom is -0.469 e. The number of carbonyl (C=O) groups excluding carboxylic acids is 2. The molecule has 2 aliphatic carbocycles. The second kappa shape index (κ2) is 13.4. The standard InChI is InChI=1S/C26H39NO5/c1-4-5-8-18(2)23(28)12-11-21-22-16-19(15-20(22)17-24(21)29)9-6-7-10-25(30)27-14-13-26(31)32-3/h11-12,15,18,20-24,28-29H,6-10,13-14,16-17H2,1-3H3,(H,27,30)/t18-,20-,21+,22-,23+,24+/m0/s1. The Morgan fingerprint density at radius 2 is 2.12 bits per heavy atom. The van der Waals surface area contributed by atoms with E-state index in [9.17, 15) is 19.8 Å². The first kappa shape index (κ1) is 26.2. The molecule has 6 heteroatoms. The Bertz CT molecular complexity index is 747. The largest absolute Gasteiger partial charge is 0.469 e. The number of aliphatic hydroxyl groups is 2. The lowest BCUT2D eigenvalue weighted by atomic mass is 9.88. The first-order valence-corrected chi connectivity index (χ1v) is 11.8. The lowest BCUT2D eigenvalue weighted by Gasteiger charge is -2.20. The van der Waals surface area contributed by atoms with Gasteiger partial charge >= 0.3 is 5.97 Å². The summed E-state index contributed by atoms with van der Waals surface area (Å²) in [5.74, 6) is 6.47. The molecule has 1 saturated carbocycles. The molecule has 0 aliphatic heterocycles. The van der Waals surface area contributed by atoms with Crippen LogP contribution >= 0.6 is 0 Å². The van der Waals surface area contributed by atoms with Gasteiger partial charge in [0.25, 0.3) is 0 Å². The molecule has 0 aromatic carbocycles. The molecular formula is C26H39NO5. The third-order valence-corrected chi connectivity index (χ3v) is 6.69. The topological polar surface area (TPSA) is 95.9 Å². The molecule has 2 aliphatic rings. The molecule has 32 heavy (non-hydrogen) atoms. The number of esters is 1. The lowest BCUT2D eigenvalue weighted by molar-refractivity contribution is -0.140. The molecule has 2 rings (SSSR count).